The summed E-state index contributed by atoms with van der Waals surface area (Å²) in [7, 11) is 0. The second-order valence-electron chi connectivity index (χ2n) is 4.02. The molecule has 0 fully saturated rings. The number of halogens is 1. The summed E-state index contributed by atoms with van der Waals surface area (Å²) in [6.45, 7) is 2.86. The predicted octanol–water partition coefficient (Wildman–Crippen LogP) is 2.60. The summed E-state index contributed by atoms with van der Waals surface area (Å²) in [5.74, 6) is 0.536. The first-order valence-electron chi connectivity index (χ1n) is 6.20. The maximum Gasteiger partial charge on any atom is 0.277 e. The van der Waals surface area contributed by atoms with Crippen molar-refractivity contribution in [3.8, 4) is 0 Å². The van der Waals surface area contributed by atoms with Crippen molar-refractivity contribution in [3.05, 3.63) is 41.2 Å². The summed E-state index contributed by atoms with van der Waals surface area (Å²) in [5, 5.41) is 13.8. The quantitative estimate of drug-likeness (QED) is 0.885. The molecule has 0 aliphatic carbocycles. The second-order valence-corrected chi connectivity index (χ2v) is 4.43. The zero-order valence-corrected chi connectivity index (χ0v) is 11.7. The van der Waals surface area contributed by atoms with E-state index in [9.17, 15) is 4.79 Å². The fourth-order valence-electron chi connectivity index (χ4n) is 1.45. The molecule has 0 aliphatic heterocycles. The van der Waals surface area contributed by atoms with E-state index in [0.717, 1.165) is 13.0 Å². The van der Waals surface area contributed by atoms with Crippen LogP contribution in [-0.4, -0.2) is 27.6 Å². The number of nitrogens with one attached hydrogen (secondary N) is 2. The first-order chi connectivity index (χ1) is 9.70. The van der Waals surface area contributed by atoms with E-state index in [0.29, 0.717) is 16.7 Å². The van der Waals surface area contributed by atoms with Gasteiger partial charge in [0.05, 0.1) is 5.02 Å². The number of pyridine rings is 1. The predicted molar refractivity (Wildman–Crippen MR) is 78.0 cm³/mol. The molecular formula is C13H14ClN5O. The smallest absolute Gasteiger partial charge is 0.277 e. The van der Waals surface area contributed by atoms with Crippen molar-refractivity contribution in [2.75, 3.05) is 17.2 Å². The number of aromatic nitrogens is 3. The highest BCUT2D eigenvalue weighted by Gasteiger charge is 2.11. The Morgan fingerprint density at radius 2 is 2.15 bits per heavy atom. The van der Waals surface area contributed by atoms with Gasteiger partial charge in [-0.2, -0.15) is 0 Å². The van der Waals surface area contributed by atoms with Crippen molar-refractivity contribution in [1.29, 1.82) is 0 Å². The maximum atomic E-state index is 12.0. The molecule has 6 nitrogen and oxygen atoms in total. The van der Waals surface area contributed by atoms with Gasteiger partial charge < -0.3 is 10.6 Å². The number of nitrogens with zero attached hydrogens (tertiary/aromatic N) is 3. The lowest BCUT2D eigenvalue weighted by atomic mass is 10.3. The van der Waals surface area contributed by atoms with Crippen molar-refractivity contribution in [1.82, 2.24) is 15.2 Å². The third-order valence-corrected chi connectivity index (χ3v) is 2.75. The lowest BCUT2D eigenvalue weighted by Crippen LogP contribution is -2.16. The van der Waals surface area contributed by atoms with E-state index in [2.05, 4.69) is 32.7 Å². The van der Waals surface area contributed by atoms with E-state index in [1.165, 1.54) is 0 Å². The molecule has 0 unspecified atom stereocenters. The molecule has 2 heterocycles. The van der Waals surface area contributed by atoms with Gasteiger partial charge in [0.2, 0.25) is 0 Å². The average molecular weight is 292 g/mol. The van der Waals surface area contributed by atoms with Gasteiger partial charge in [-0.3, -0.25) is 4.79 Å². The normalized spacial score (nSPS) is 10.1. The molecule has 0 radical (unpaired) electrons. The van der Waals surface area contributed by atoms with Crippen LogP contribution in [0.15, 0.2) is 30.5 Å². The highest BCUT2D eigenvalue weighted by atomic mass is 35.5. The molecule has 1 amide bonds. The minimum atomic E-state index is -0.403. The molecule has 0 saturated carbocycles. The third-order valence-electron chi connectivity index (χ3n) is 2.44. The molecule has 2 aromatic heterocycles. The molecule has 2 N–H and O–H groups in total. The van der Waals surface area contributed by atoms with Gasteiger partial charge in [0.15, 0.2) is 11.5 Å². The van der Waals surface area contributed by atoms with Crippen molar-refractivity contribution in [3.63, 3.8) is 0 Å². The zero-order chi connectivity index (χ0) is 14.4. The Hall–Kier alpha value is -2.21. The standard InChI is InChI=1S/C13H14ClN5O/c1-2-7-15-11-6-5-10(18-19-11)13(20)17-12-9(14)4-3-8-16-12/h3-6,8H,2,7H2,1H3,(H,15,19)(H,16,17,20). The first-order valence-corrected chi connectivity index (χ1v) is 6.58. The van der Waals surface area contributed by atoms with Crippen LogP contribution in [0.5, 0.6) is 0 Å². The fraction of sp³-hybridized carbons (Fsp3) is 0.231. The Bertz CT molecular complexity index is 588. The highest BCUT2D eigenvalue weighted by molar-refractivity contribution is 6.33. The van der Waals surface area contributed by atoms with E-state index in [-0.39, 0.29) is 5.69 Å². The van der Waals surface area contributed by atoms with Crippen molar-refractivity contribution in [2.24, 2.45) is 0 Å². The molecule has 2 rings (SSSR count). The Balaban J connectivity index is 2.04. The van der Waals surface area contributed by atoms with Crippen LogP contribution in [-0.2, 0) is 0 Å². The van der Waals surface area contributed by atoms with Gasteiger partial charge in [0, 0.05) is 12.7 Å². The lowest BCUT2D eigenvalue weighted by molar-refractivity contribution is 0.102. The van der Waals surface area contributed by atoms with Crippen molar-refractivity contribution >= 4 is 29.1 Å². The van der Waals surface area contributed by atoms with Crippen LogP contribution in [0.2, 0.25) is 5.02 Å². The van der Waals surface area contributed by atoms with Crippen LogP contribution in [0, 0.1) is 0 Å². The molecule has 0 spiro atoms. The van der Waals surface area contributed by atoms with E-state index in [4.69, 9.17) is 11.6 Å². The second kappa shape index (κ2) is 6.81. The molecular weight excluding hydrogens is 278 g/mol. The molecule has 0 atom stereocenters. The summed E-state index contributed by atoms with van der Waals surface area (Å²) in [6, 6.07) is 6.63. The van der Waals surface area contributed by atoms with Crippen LogP contribution < -0.4 is 10.6 Å². The van der Waals surface area contributed by atoms with Crippen LogP contribution in [0.4, 0.5) is 11.6 Å². The number of carbonyl (C=O) groups excluding carboxylic acids is 1. The molecule has 20 heavy (non-hydrogen) atoms. The summed E-state index contributed by atoms with van der Waals surface area (Å²) in [5.41, 5.74) is 0.203. The van der Waals surface area contributed by atoms with Gasteiger partial charge >= 0.3 is 0 Å². The molecule has 7 heteroatoms. The molecule has 104 valence electrons. The van der Waals surface area contributed by atoms with E-state index < -0.39 is 5.91 Å². The molecule has 0 aromatic carbocycles. The molecule has 0 bridgehead atoms. The van der Waals surface area contributed by atoms with Crippen LogP contribution in [0.25, 0.3) is 0 Å². The summed E-state index contributed by atoms with van der Waals surface area (Å²) in [6.07, 6.45) is 2.53. The van der Waals surface area contributed by atoms with Gasteiger partial charge in [0.25, 0.3) is 5.91 Å². The first kappa shape index (κ1) is 14.2. The fourth-order valence-corrected chi connectivity index (χ4v) is 1.62. The Morgan fingerprint density at radius 3 is 2.80 bits per heavy atom. The van der Waals surface area contributed by atoms with Crippen molar-refractivity contribution in [2.45, 2.75) is 13.3 Å². The number of rotatable bonds is 5. The summed E-state index contributed by atoms with van der Waals surface area (Å²) in [4.78, 5) is 15.9. The Labute approximate surface area is 121 Å². The number of hydrogen-bond donors (Lipinski definition) is 2. The number of anilines is 2. The molecule has 0 saturated heterocycles. The number of hydrogen-bond acceptors (Lipinski definition) is 5. The Morgan fingerprint density at radius 1 is 1.30 bits per heavy atom. The monoisotopic (exact) mass is 291 g/mol. The van der Waals surface area contributed by atoms with Crippen LogP contribution >= 0.6 is 11.6 Å². The van der Waals surface area contributed by atoms with Gasteiger partial charge in [-0.15, -0.1) is 10.2 Å². The summed E-state index contributed by atoms with van der Waals surface area (Å²) < 4.78 is 0. The zero-order valence-electron chi connectivity index (χ0n) is 10.9. The largest absolute Gasteiger partial charge is 0.369 e. The molecule has 2 aromatic rings. The minimum absolute atomic E-state index is 0.203. The lowest BCUT2D eigenvalue weighted by Gasteiger charge is -2.06. The van der Waals surface area contributed by atoms with Gasteiger partial charge in [0.1, 0.15) is 5.82 Å². The molecule has 0 aliphatic rings. The minimum Gasteiger partial charge on any atom is -0.369 e. The average Bonchev–Trinajstić information content (AvgIpc) is 2.48. The Kier molecular flexibility index (Phi) is 4.84. The maximum absolute atomic E-state index is 12.0. The topological polar surface area (TPSA) is 79.8 Å². The SMILES string of the molecule is CCCNc1ccc(C(=O)Nc2ncccc2Cl)nn1. The van der Waals surface area contributed by atoms with Gasteiger partial charge in [-0.25, -0.2) is 4.98 Å². The highest BCUT2D eigenvalue weighted by Crippen LogP contribution is 2.17. The van der Waals surface area contributed by atoms with Crippen molar-refractivity contribution < 1.29 is 4.79 Å². The van der Waals surface area contributed by atoms with Gasteiger partial charge in [-0.1, -0.05) is 18.5 Å². The third kappa shape index (κ3) is 3.64. The summed E-state index contributed by atoms with van der Waals surface area (Å²) >= 11 is 5.91. The van der Waals surface area contributed by atoms with Crippen LogP contribution in [0.1, 0.15) is 23.8 Å². The van der Waals surface area contributed by atoms with Crippen LogP contribution in [0.3, 0.4) is 0 Å². The number of amides is 1. The van der Waals surface area contributed by atoms with E-state index in [1.54, 1.807) is 30.5 Å². The van der Waals surface area contributed by atoms with E-state index in [1.807, 2.05) is 0 Å². The van der Waals surface area contributed by atoms with Gasteiger partial charge in [-0.05, 0) is 30.7 Å². The van der Waals surface area contributed by atoms with E-state index >= 15 is 0 Å². The number of carbonyl (C=O) groups is 1.